The summed E-state index contributed by atoms with van der Waals surface area (Å²) in [5, 5.41) is 12.9. The molecule has 3 aromatic carbocycles. The molecule has 0 saturated heterocycles. The van der Waals surface area contributed by atoms with Crippen LogP contribution < -0.4 is 20.1 Å². The van der Waals surface area contributed by atoms with E-state index in [2.05, 4.69) is 5.32 Å². The normalized spacial score (nSPS) is 12.4. The first-order valence-corrected chi connectivity index (χ1v) is 11.5. The Balaban J connectivity index is 1.88. The van der Waals surface area contributed by atoms with Gasteiger partial charge < -0.3 is 5.32 Å². The smallest absolute Gasteiger partial charge is 0.273 e. The number of carbonyl (C=O) groups is 1. The summed E-state index contributed by atoms with van der Waals surface area (Å²) in [5.74, 6) is -0.645. The van der Waals surface area contributed by atoms with Crippen molar-refractivity contribution in [1.29, 1.82) is 5.26 Å². The lowest BCUT2D eigenvalue weighted by Gasteiger charge is -2.07. The molecule has 0 radical (unpaired) electrons. The lowest BCUT2D eigenvalue weighted by atomic mass is 10.2. The first-order valence-electron chi connectivity index (χ1n) is 10.3. The number of nitrogens with one attached hydrogen (secondary N) is 1. The minimum atomic E-state index is -0.645. The van der Waals surface area contributed by atoms with Crippen LogP contribution in [-0.2, 0) is 4.79 Å². The van der Waals surface area contributed by atoms with Crippen molar-refractivity contribution in [1.82, 2.24) is 4.57 Å². The zero-order chi connectivity index (χ0) is 23.9. The van der Waals surface area contributed by atoms with Crippen LogP contribution in [0.5, 0.6) is 0 Å². The van der Waals surface area contributed by atoms with E-state index >= 15 is 0 Å². The van der Waals surface area contributed by atoms with Gasteiger partial charge in [0.15, 0.2) is 5.57 Å². The van der Waals surface area contributed by atoms with Crippen molar-refractivity contribution in [3.05, 3.63) is 121 Å². The number of nitriles is 1. The predicted octanol–water partition coefficient (Wildman–Crippen LogP) is 4.36. The Labute approximate surface area is 204 Å². The van der Waals surface area contributed by atoms with Gasteiger partial charge in [-0.1, -0.05) is 84.4 Å². The number of halogens is 1. The molecule has 0 bridgehead atoms. The van der Waals surface area contributed by atoms with Crippen LogP contribution >= 0.6 is 22.9 Å². The van der Waals surface area contributed by atoms with Crippen LogP contribution in [0.25, 0.3) is 23.4 Å². The predicted molar refractivity (Wildman–Crippen MR) is 138 cm³/mol. The third-order valence-electron chi connectivity index (χ3n) is 4.85. The lowest BCUT2D eigenvalue weighted by molar-refractivity contribution is -0.111. The summed E-state index contributed by atoms with van der Waals surface area (Å²) >= 11 is 7.24. The summed E-state index contributed by atoms with van der Waals surface area (Å²) in [6.45, 7) is 0. The first-order chi connectivity index (χ1) is 16.6. The number of benzene rings is 3. The Morgan fingerprint density at radius 2 is 1.62 bits per heavy atom. The average molecular weight is 484 g/mol. The fourth-order valence-corrected chi connectivity index (χ4v) is 4.47. The molecule has 4 aromatic rings. The highest BCUT2D eigenvalue weighted by Crippen LogP contribution is 2.21. The molecule has 166 valence electrons. The number of amides is 1. The monoisotopic (exact) mass is 483 g/mol. The van der Waals surface area contributed by atoms with E-state index in [1.165, 1.54) is 4.57 Å². The van der Waals surface area contributed by atoms with Gasteiger partial charge in [0.05, 0.1) is 20.9 Å². The molecule has 0 atom stereocenters. The molecule has 0 spiro atoms. The molecule has 1 aromatic heterocycles. The zero-order valence-electron chi connectivity index (χ0n) is 17.8. The fraction of sp³-hybridized carbons (Fsp3) is 0. The maximum absolute atomic E-state index is 13.3. The third-order valence-corrected chi connectivity index (χ3v) is 6.29. The SMILES string of the molecule is N#C/C(C(=O)Nc1ccccc1Cl)=c1\s/c(=C/C=C/c2ccccc2)c(=O)n1-c1ccccc1. The highest BCUT2D eigenvalue weighted by atomic mass is 35.5. The highest BCUT2D eigenvalue weighted by molar-refractivity contribution is 7.07. The summed E-state index contributed by atoms with van der Waals surface area (Å²) in [6.07, 6.45) is 5.34. The van der Waals surface area contributed by atoms with E-state index < -0.39 is 5.91 Å². The van der Waals surface area contributed by atoms with E-state index in [-0.39, 0.29) is 15.8 Å². The molecular weight excluding hydrogens is 466 g/mol. The Hall–Kier alpha value is -4.18. The van der Waals surface area contributed by atoms with Crippen molar-refractivity contribution in [2.45, 2.75) is 0 Å². The summed E-state index contributed by atoms with van der Waals surface area (Å²) in [6, 6.07) is 27.3. The molecule has 7 heteroatoms. The first kappa shape index (κ1) is 23.0. The van der Waals surface area contributed by atoms with Crippen molar-refractivity contribution in [3.8, 4) is 11.8 Å². The number of allylic oxidation sites excluding steroid dienone is 1. The second-order valence-electron chi connectivity index (χ2n) is 7.10. The minimum Gasteiger partial charge on any atom is -0.320 e. The van der Waals surface area contributed by atoms with E-state index in [0.717, 1.165) is 16.9 Å². The van der Waals surface area contributed by atoms with Crippen molar-refractivity contribution in [2.24, 2.45) is 0 Å². The molecule has 0 fully saturated rings. The maximum Gasteiger partial charge on any atom is 0.273 e. The fourth-order valence-electron chi connectivity index (χ4n) is 3.23. The number of nitrogens with zero attached hydrogens (tertiary/aromatic N) is 2. The van der Waals surface area contributed by atoms with Crippen molar-refractivity contribution in [3.63, 3.8) is 0 Å². The van der Waals surface area contributed by atoms with Crippen LogP contribution in [0.1, 0.15) is 5.56 Å². The number of rotatable bonds is 5. The van der Waals surface area contributed by atoms with Gasteiger partial charge in [0, 0.05) is 0 Å². The van der Waals surface area contributed by atoms with Gasteiger partial charge in [-0.25, -0.2) is 0 Å². The van der Waals surface area contributed by atoms with Crippen LogP contribution in [0, 0.1) is 11.3 Å². The Kier molecular flexibility index (Phi) is 7.19. The molecule has 0 aliphatic rings. The second kappa shape index (κ2) is 10.6. The quantitative estimate of drug-likeness (QED) is 0.458. The van der Waals surface area contributed by atoms with E-state index in [1.54, 1.807) is 60.7 Å². The molecule has 0 aliphatic carbocycles. The molecule has 5 nitrogen and oxygen atoms in total. The van der Waals surface area contributed by atoms with Crippen LogP contribution in [-0.4, -0.2) is 10.5 Å². The van der Waals surface area contributed by atoms with Gasteiger partial charge >= 0.3 is 0 Å². The molecule has 0 saturated carbocycles. The highest BCUT2D eigenvalue weighted by Gasteiger charge is 2.17. The molecular formula is C27H18ClN3O2S. The zero-order valence-corrected chi connectivity index (χ0v) is 19.4. The Morgan fingerprint density at radius 3 is 2.29 bits per heavy atom. The third kappa shape index (κ3) is 5.07. The molecule has 1 heterocycles. The number of thiazole rings is 1. The summed E-state index contributed by atoms with van der Waals surface area (Å²) in [5.41, 5.74) is 1.43. The number of anilines is 1. The summed E-state index contributed by atoms with van der Waals surface area (Å²) in [4.78, 5) is 26.4. The maximum atomic E-state index is 13.3. The van der Waals surface area contributed by atoms with Crippen LogP contribution in [0.15, 0.2) is 95.8 Å². The van der Waals surface area contributed by atoms with Gasteiger partial charge in [0.25, 0.3) is 11.5 Å². The van der Waals surface area contributed by atoms with Crippen molar-refractivity contribution < 1.29 is 4.79 Å². The van der Waals surface area contributed by atoms with Gasteiger partial charge in [-0.3, -0.25) is 14.2 Å². The van der Waals surface area contributed by atoms with E-state index in [9.17, 15) is 14.9 Å². The van der Waals surface area contributed by atoms with Crippen molar-refractivity contribution >= 4 is 52.3 Å². The second-order valence-corrected chi connectivity index (χ2v) is 8.54. The molecule has 1 amide bonds. The molecule has 0 unspecified atom stereocenters. The Bertz CT molecular complexity index is 1580. The largest absolute Gasteiger partial charge is 0.320 e. The van der Waals surface area contributed by atoms with E-state index in [1.807, 2.05) is 48.5 Å². The van der Waals surface area contributed by atoms with Crippen molar-refractivity contribution in [2.75, 3.05) is 5.32 Å². The summed E-state index contributed by atoms with van der Waals surface area (Å²) < 4.78 is 2.02. The number of para-hydroxylation sites is 2. The van der Waals surface area contributed by atoms with E-state index in [0.29, 0.717) is 20.9 Å². The molecule has 1 N–H and O–H groups in total. The van der Waals surface area contributed by atoms with E-state index in [4.69, 9.17) is 11.6 Å². The minimum absolute atomic E-state index is 0.183. The van der Waals surface area contributed by atoms with Gasteiger partial charge in [-0.15, -0.1) is 11.3 Å². The van der Waals surface area contributed by atoms with Crippen LogP contribution in [0.3, 0.4) is 0 Å². The average Bonchev–Trinajstić information content (AvgIpc) is 3.18. The van der Waals surface area contributed by atoms with Crippen LogP contribution in [0.2, 0.25) is 5.02 Å². The van der Waals surface area contributed by atoms with Gasteiger partial charge in [-0.2, -0.15) is 5.26 Å². The van der Waals surface area contributed by atoms with Gasteiger partial charge in [0.2, 0.25) is 0 Å². The number of carbonyl (C=O) groups excluding carboxylic acids is 1. The number of hydrogen-bond donors (Lipinski definition) is 1. The number of hydrogen-bond acceptors (Lipinski definition) is 4. The standard InChI is InChI=1S/C27H18ClN3O2S/c28-22-15-7-8-16-23(22)30-25(32)21(18-29)27-31(20-13-5-2-6-14-20)26(33)24(34-27)17-9-12-19-10-3-1-4-11-19/h1-17H,(H,30,32)/b12-9+,24-17+,27-21+. The molecule has 0 aliphatic heterocycles. The molecule has 34 heavy (non-hydrogen) atoms. The Morgan fingerprint density at radius 1 is 0.971 bits per heavy atom. The number of aromatic nitrogens is 1. The van der Waals surface area contributed by atoms with Gasteiger partial charge in [-0.05, 0) is 35.9 Å². The van der Waals surface area contributed by atoms with Crippen LogP contribution in [0.4, 0.5) is 5.69 Å². The lowest BCUT2D eigenvalue weighted by Crippen LogP contribution is -2.32. The van der Waals surface area contributed by atoms with Gasteiger partial charge in [0.1, 0.15) is 10.7 Å². The summed E-state index contributed by atoms with van der Waals surface area (Å²) in [7, 11) is 0. The molecule has 4 rings (SSSR count). The topological polar surface area (TPSA) is 74.9 Å².